The third-order valence-corrected chi connectivity index (χ3v) is 4.68. The van der Waals surface area contributed by atoms with Gasteiger partial charge in [-0.2, -0.15) is 0 Å². The largest absolute Gasteiger partial charge is 0.444 e. The SMILES string of the molecule is C#Cc1ccccc1C(C(=O)NC(C)(C)C)N(CCCC)C(=O)C(CO)NC(=O)OC(C)(C)C. The molecule has 0 saturated heterocycles. The van der Waals surface area contributed by atoms with Crippen molar-refractivity contribution in [3.05, 3.63) is 35.4 Å². The molecule has 0 fully saturated rings. The lowest BCUT2D eigenvalue weighted by atomic mass is 9.96. The van der Waals surface area contributed by atoms with E-state index in [-0.39, 0.29) is 6.54 Å². The van der Waals surface area contributed by atoms with E-state index in [1.54, 1.807) is 45.0 Å². The Balaban J connectivity index is 3.49. The molecule has 1 aromatic rings. The molecule has 0 aliphatic rings. The Bertz CT molecular complexity index is 893. The smallest absolute Gasteiger partial charge is 0.408 e. The molecule has 3 N–H and O–H groups in total. The molecule has 0 saturated carbocycles. The van der Waals surface area contributed by atoms with E-state index in [1.165, 1.54) is 4.90 Å². The van der Waals surface area contributed by atoms with Gasteiger partial charge in [0.25, 0.3) is 0 Å². The Morgan fingerprint density at radius 1 is 1.15 bits per heavy atom. The fraction of sp³-hybridized carbons (Fsp3) is 0.577. The molecule has 8 nitrogen and oxygen atoms in total. The van der Waals surface area contributed by atoms with Gasteiger partial charge in [-0.3, -0.25) is 9.59 Å². The number of carbonyl (C=O) groups is 3. The predicted octanol–water partition coefficient (Wildman–Crippen LogP) is 3.14. The third kappa shape index (κ3) is 9.06. The number of terminal acetylenes is 1. The first-order valence-electron chi connectivity index (χ1n) is 11.5. The van der Waals surface area contributed by atoms with E-state index in [0.717, 1.165) is 6.42 Å². The van der Waals surface area contributed by atoms with E-state index < -0.39 is 47.7 Å². The minimum Gasteiger partial charge on any atom is -0.444 e. The van der Waals surface area contributed by atoms with Crippen LogP contribution in [0.2, 0.25) is 0 Å². The van der Waals surface area contributed by atoms with Crippen molar-refractivity contribution in [1.82, 2.24) is 15.5 Å². The van der Waals surface area contributed by atoms with Crippen LogP contribution in [0.15, 0.2) is 24.3 Å². The molecule has 0 aliphatic carbocycles. The first-order valence-corrected chi connectivity index (χ1v) is 11.5. The van der Waals surface area contributed by atoms with Crippen molar-refractivity contribution >= 4 is 17.9 Å². The summed E-state index contributed by atoms with van der Waals surface area (Å²) < 4.78 is 5.24. The van der Waals surface area contributed by atoms with Crippen LogP contribution in [-0.2, 0) is 14.3 Å². The second-order valence-corrected chi connectivity index (χ2v) is 10.1. The number of nitrogens with zero attached hydrogens (tertiary/aromatic N) is 1. The summed E-state index contributed by atoms with van der Waals surface area (Å²) in [6, 6.07) is 4.57. The number of aliphatic hydroxyl groups is 1. The molecular weight excluding hydrogens is 434 g/mol. The number of ether oxygens (including phenoxy) is 1. The maximum absolute atomic E-state index is 13.6. The molecule has 0 radical (unpaired) electrons. The van der Waals surface area contributed by atoms with E-state index in [9.17, 15) is 19.5 Å². The fourth-order valence-electron chi connectivity index (χ4n) is 3.29. The third-order valence-electron chi connectivity index (χ3n) is 4.68. The quantitative estimate of drug-likeness (QED) is 0.478. The van der Waals surface area contributed by atoms with Crippen LogP contribution in [0.25, 0.3) is 0 Å². The zero-order chi connectivity index (χ0) is 26.1. The molecule has 2 atom stereocenters. The molecule has 188 valence electrons. The number of nitrogens with one attached hydrogen (secondary N) is 2. The lowest BCUT2D eigenvalue weighted by molar-refractivity contribution is -0.143. The van der Waals surface area contributed by atoms with Crippen molar-refractivity contribution in [2.75, 3.05) is 13.2 Å². The highest BCUT2D eigenvalue weighted by molar-refractivity contribution is 5.92. The highest BCUT2D eigenvalue weighted by Crippen LogP contribution is 2.27. The summed E-state index contributed by atoms with van der Waals surface area (Å²) in [5, 5.41) is 15.3. The van der Waals surface area contributed by atoms with Gasteiger partial charge in [-0.1, -0.05) is 37.5 Å². The number of amides is 3. The molecule has 1 aromatic carbocycles. The number of benzene rings is 1. The van der Waals surface area contributed by atoms with Crippen LogP contribution >= 0.6 is 0 Å². The minimum atomic E-state index is -1.30. The van der Waals surface area contributed by atoms with Gasteiger partial charge in [0.2, 0.25) is 11.8 Å². The number of aliphatic hydroxyl groups excluding tert-OH is 1. The second-order valence-electron chi connectivity index (χ2n) is 10.1. The van der Waals surface area contributed by atoms with Crippen molar-refractivity contribution in [2.45, 2.75) is 84.5 Å². The Morgan fingerprint density at radius 2 is 1.76 bits per heavy atom. The zero-order valence-corrected chi connectivity index (χ0v) is 21.4. The van der Waals surface area contributed by atoms with E-state index in [2.05, 4.69) is 16.6 Å². The van der Waals surface area contributed by atoms with Crippen molar-refractivity contribution < 1.29 is 24.2 Å². The summed E-state index contributed by atoms with van der Waals surface area (Å²) >= 11 is 0. The van der Waals surface area contributed by atoms with E-state index in [0.29, 0.717) is 17.5 Å². The monoisotopic (exact) mass is 473 g/mol. The standard InChI is InChI=1S/C26H39N3O5/c1-9-11-16-29(23(32)20(17-30)27-24(33)34-26(6,7)8)21(22(31)28-25(3,4)5)19-15-13-12-14-18(19)10-2/h2,12-15,20-21,30H,9,11,16-17H2,1,3-8H3,(H,27,33)(H,28,31). The number of carbonyl (C=O) groups excluding carboxylic acids is 3. The second kappa shape index (κ2) is 12.4. The topological polar surface area (TPSA) is 108 Å². The van der Waals surface area contributed by atoms with E-state index >= 15 is 0 Å². The van der Waals surface area contributed by atoms with Gasteiger partial charge in [0, 0.05) is 17.6 Å². The molecule has 8 heteroatoms. The number of alkyl carbamates (subject to hydrolysis) is 1. The van der Waals surface area contributed by atoms with Crippen molar-refractivity contribution in [2.24, 2.45) is 0 Å². The molecule has 0 aromatic heterocycles. The first-order chi connectivity index (χ1) is 15.7. The predicted molar refractivity (Wildman–Crippen MR) is 132 cm³/mol. The molecule has 2 unspecified atom stereocenters. The molecule has 3 amide bonds. The summed E-state index contributed by atoms with van der Waals surface area (Å²) in [5.74, 6) is 1.57. The van der Waals surface area contributed by atoms with Crippen LogP contribution in [-0.4, -0.2) is 58.2 Å². The number of hydrogen-bond acceptors (Lipinski definition) is 5. The van der Waals surface area contributed by atoms with Crippen LogP contribution in [0.3, 0.4) is 0 Å². The van der Waals surface area contributed by atoms with Crippen LogP contribution in [0.5, 0.6) is 0 Å². The van der Waals surface area contributed by atoms with Crippen LogP contribution < -0.4 is 10.6 Å². The Kier molecular flexibility index (Phi) is 10.6. The maximum Gasteiger partial charge on any atom is 0.408 e. The number of unbranched alkanes of at least 4 members (excludes halogenated alkanes) is 1. The number of rotatable bonds is 9. The summed E-state index contributed by atoms with van der Waals surface area (Å²) in [4.78, 5) is 40.8. The molecule has 0 bridgehead atoms. The average molecular weight is 474 g/mol. The van der Waals surface area contributed by atoms with Crippen molar-refractivity contribution in [3.8, 4) is 12.3 Å². The highest BCUT2D eigenvalue weighted by Gasteiger charge is 2.37. The average Bonchev–Trinajstić information content (AvgIpc) is 2.71. The zero-order valence-electron chi connectivity index (χ0n) is 21.4. The van der Waals surface area contributed by atoms with E-state index in [4.69, 9.17) is 11.2 Å². The minimum absolute atomic E-state index is 0.225. The van der Waals surface area contributed by atoms with E-state index in [1.807, 2.05) is 27.7 Å². The summed E-state index contributed by atoms with van der Waals surface area (Å²) in [7, 11) is 0. The highest BCUT2D eigenvalue weighted by atomic mass is 16.6. The molecular formula is C26H39N3O5. The van der Waals surface area contributed by atoms with Gasteiger partial charge in [-0.25, -0.2) is 4.79 Å². The normalized spacial score (nSPS) is 13.3. The number of hydrogen-bond donors (Lipinski definition) is 3. The maximum atomic E-state index is 13.6. The molecule has 1 rings (SSSR count). The lowest BCUT2D eigenvalue weighted by Crippen LogP contribution is -2.56. The van der Waals surface area contributed by atoms with Crippen LogP contribution in [0.1, 0.15) is 78.5 Å². The van der Waals surface area contributed by atoms with Gasteiger partial charge in [-0.05, 0) is 59.6 Å². The Morgan fingerprint density at radius 3 is 2.26 bits per heavy atom. The molecule has 34 heavy (non-hydrogen) atoms. The molecule has 0 heterocycles. The van der Waals surface area contributed by atoms with Gasteiger partial charge >= 0.3 is 6.09 Å². The Labute approximate surface area is 203 Å². The van der Waals surface area contributed by atoms with Gasteiger partial charge in [0.05, 0.1) is 6.61 Å². The molecule has 0 spiro atoms. The van der Waals surface area contributed by atoms with Crippen molar-refractivity contribution in [3.63, 3.8) is 0 Å². The van der Waals surface area contributed by atoms with Gasteiger partial charge in [-0.15, -0.1) is 6.42 Å². The first kappa shape index (κ1) is 29.0. The van der Waals surface area contributed by atoms with Crippen LogP contribution in [0, 0.1) is 12.3 Å². The summed E-state index contributed by atoms with van der Waals surface area (Å²) in [6.45, 7) is 12.1. The Hall–Kier alpha value is -3.05. The lowest BCUT2D eigenvalue weighted by Gasteiger charge is -2.36. The van der Waals surface area contributed by atoms with Crippen LogP contribution in [0.4, 0.5) is 4.79 Å². The van der Waals surface area contributed by atoms with Gasteiger partial charge in [0.1, 0.15) is 17.7 Å². The fourth-order valence-corrected chi connectivity index (χ4v) is 3.29. The van der Waals surface area contributed by atoms with Crippen molar-refractivity contribution in [1.29, 1.82) is 0 Å². The molecule has 0 aliphatic heterocycles. The van der Waals surface area contributed by atoms with Gasteiger partial charge < -0.3 is 25.4 Å². The summed E-state index contributed by atoms with van der Waals surface area (Å²) in [6.07, 6.45) is 6.23. The van der Waals surface area contributed by atoms with Gasteiger partial charge in [0.15, 0.2) is 0 Å². The summed E-state index contributed by atoms with van der Waals surface area (Å²) in [5.41, 5.74) is -0.377.